The third-order valence-electron chi connectivity index (χ3n) is 13.7. The van der Waals surface area contributed by atoms with Crippen molar-refractivity contribution in [3.63, 3.8) is 0 Å². The summed E-state index contributed by atoms with van der Waals surface area (Å²) in [7, 11) is 0. The van der Waals surface area contributed by atoms with Crippen molar-refractivity contribution in [2.45, 2.75) is 19.3 Å². The van der Waals surface area contributed by atoms with Crippen molar-refractivity contribution in [2.24, 2.45) is 0 Å². The Morgan fingerprint density at radius 3 is 1.81 bits per heavy atom. The van der Waals surface area contributed by atoms with Gasteiger partial charge in [-0.2, -0.15) is 12.1 Å². The van der Waals surface area contributed by atoms with Gasteiger partial charge in [0.2, 0.25) is 0 Å². The molecular formula is C65H46N6OPt-2. The molecule has 13 aromatic rings. The largest absolute Gasteiger partial charge is 0.508 e. The fraction of sp³-hybridized carbons (Fsp3) is 0.0769. The average Bonchev–Trinajstić information content (AvgIpc) is 3.18. The third-order valence-corrected chi connectivity index (χ3v) is 13.7. The number of piperidine rings is 1. The molecule has 0 spiro atoms. The minimum Gasteiger partial charge on any atom is -0.508 e. The Hall–Kier alpha value is -8.51. The molecule has 7 nitrogen and oxygen atoms in total. The molecule has 0 bridgehead atoms. The number of imidazole rings is 1. The minimum absolute atomic E-state index is 0. The smallest absolute Gasteiger partial charge is 0.268 e. The molecule has 0 atom stereocenters. The van der Waals surface area contributed by atoms with Crippen molar-refractivity contribution >= 4 is 60.3 Å². The van der Waals surface area contributed by atoms with Crippen LogP contribution in [0.4, 0.5) is 5.69 Å². The molecule has 1 aliphatic heterocycles. The molecule has 9 aromatic carbocycles. The number of fused-ring (bicyclic) bond motifs is 7. The van der Waals surface area contributed by atoms with Gasteiger partial charge in [-0.15, -0.1) is 24.3 Å². The molecule has 0 N–H and O–H groups in total. The van der Waals surface area contributed by atoms with Gasteiger partial charge >= 0.3 is 0 Å². The summed E-state index contributed by atoms with van der Waals surface area (Å²) in [5.74, 6) is 1.50. The second-order valence-corrected chi connectivity index (χ2v) is 17.9. The number of nitrogens with zero attached hydrogens (tertiary/aromatic N) is 6. The molecule has 0 radical (unpaired) electrons. The number of benzene rings is 9. The molecule has 0 unspecified atom stereocenters. The van der Waals surface area contributed by atoms with Crippen LogP contribution in [0, 0.1) is 18.5 Å². The predicted molar refractivity (Wildman–Crippen MR) is 291 cm³/mol. The van der Waals surface area contributed by atoms with Crippen LogP contribution in [0.3, 0.4) is 0 Å². The zero-order valence-electron chi connectivity index (χ0n) is 49.0. The van der Waals surface area contributed by atoms with Gasteiger partial charge < -0.3 is 23.3 Å². The van der Waals surface area contributed by atoms with E-state index in [1.54, 1.807) is 27.3 Å². The van der Waals surface area contributed by atoms with Crippen LogP contribution in [0.5, 0.6) is 11.5 Å². The SMILES string of the molecule is [2H]c1c([2H])c([2H])c(-c2cccc(-c3c([2H])c([2H])c([2H])c([2H])c3[2H])c2-[n+]2[c-]n(-c3[c-]c(Oc4[c-]c5c(cc4-n4c6ccccc6c6ccccc64)c4ccccc4n5-c4cc(N5CCCCC5)ccn4)ccc3)c3ccccc32)c([2H])c1[2H].[Pt]. The number of rotatable bonds is 9. The summed E-state index contributed by atoms with van der Waals surface area (Å²) in [6.07, 6.45) is 8.84. The van der Waals surface area contributed by atoms with Gasteiger partial charge in [0.1, 0.15) is 5.82 Å². The fourth-order valence-corrected chi connectivity index (χ4v) is 10.5. The molecule has 73 heavy (non-hydrogen) atoms. The maximum Gasteiger partial charge on any atom is 0.268 e. The van der Waals surface area contributed by atoms with Crippen molar-refractivity contribution in [3.8, 4) is 56.6 Å². The summed E-state index contributed by atoms with van der Waals surface area (Å²) in [6, 6.07) is 51.0. The summed E-state index contributed by atoms with van der Waals surface area (Å²) in [6.45, 7) is 1.96. The Kier molecular flexibility index (Phi) is 8.85. The summed E-state index contributed by atoms with van der Waals surface area (Å²) < 4.78 is 103. The average molecular weight is 1130 g/mol. The summed E-state index contributed by atoms with van der Waals surface area (Å²) in [5.41, 5.74) is 7.26. The Morgan fingerprint density at radius 2 is 1.14 bits per heavy atom. The molecule has 14 rings (SSSR count). The normalized spacial score (nSPS) is 14.7. The molecular weight excluding hydrogens is 1080 g/mol. The van der Waals surface area contributed by atoms with Gasteiger partial charge in [0, 0.05) is 90.9 Å². The van der Waals surface area contributed by atoms with E-state index in [-0.39, 0.29) is 49.0 Å². The molecule has 1 aliphatic rings. The summed E-state index contributed by atoms with van der Waals surface area (Å²) >= 11 is 0. The topological polar surface area (TPSA) is 44.0 Å². The van der Waals surface area contributed by atoms with Gasteiger partial charge in [-0.3, -0.25) is 4.57 Å². The predicted octanol–water partition coefficient (Wildman–Crippen LogP) is 15.0. The Balaban J connectivity index is 0.00000645. The molecule has 0 amide bonds. The molecule has 1 fully saturated rings. The van der Waals surface area contributed by atoms with Gasteiger partial charge in [-0.1, -0.05) is 168 Å². The van der Waals surface area contributed by atoms with Crippen molar-refractivity contribution in [1.29, 1.82) is 0 Å². The van der Waals surface area contributed by atoms with E-state index >= 15 is 0 Å². The van der Waals surface area contributed by atoms with E-state index in [4.69, 9.17) is 23.4 Å². The third kappa shape index (κ3) is 7.62. The number of pyridine rings is 1. The maximum absolute atomic E-state index is 9.14. The zero-order chi connectivity index (χ0) is 56.2. The number of aromatic nitrogens is 5. The van der Waals surface area contributed by atoms with E-state index in [0.717, 1.165) is 86.7 Å². The van der Waals surface area contributed by atoms with E-state index in [9.17, 15) is 0 Å². The van der Waals surface area contributed by atoms with Crippen molar-refractivity contribution in [1.82, 2.24) is 18.7 Å². The van der Waals surface area contributed by atoms with Crippen molar-refractivity contribution in [3.05, 3.63) is 237 Å². The van der Waals surface area contributed by atoms with Crippen LogP contribution < -0.4 is 14.2 Å². The molecule has 8 heteroatoms. The van der Waals surface area contributed by atoms with Gasteiger partial charge in [0.05, 0.1) is 30.4 Å². The van der Waals surface area contributed by atoms with E-state index < -0.39 is 60.4 Å². The second-order valence-electron chi connectivity index (χ2n) is 17.9. The summed E-state index contributed by atoms with van der Waals surface area (Å²) in [5, 5.41) is 4.12. The molecule has 0 saturated carbocycles. The Bertz CT molecular complexity index is 4620. The number of para-hydroxylation sites is 6. The summed E-state index contributed by atoms with van der Waals surface area (Å²) in [4.78, 5) is 7.42. The molecule has 4 aromatic heterocycles. The number of ether oxygens (including phenoxy) is 1. The number of hydrogen-bond donors (Lipinski definition) is 0. The van der Waals surface area contributed by atoms with Crippen LogP contribution >= 0.6 is 0 Å². The first-order valence-electron chi connectivity index (χ1n) is 29.0. The van der Waals surface area contributed by atoms with E-state index in [2.05, 4.69) is 87.1 Å². The molecule has 354 valence electrons. The Labute approximate surface area is 451 Å². The van der Waals surface area contributed by atoms with E-state index in [0.29, 0.717) is 28.2 Å². The quantitative estimate of drug-likeness (QED) is 0.107. The van der Waals surface area contributed by atoms with Gasteiger partial charge in [-0.05, 0) is 82.5 Å². The molecule has 1 saturated heterocycles. The van der Waals surface area contributed by atoms with Crippen LogP contribution in [-0.4, -0.2) is 31.8 Å². The van der Waals surface area contributed by atoms with Crippen molar-refractivity contribution in [2.75, 3.05) is 18.0 Å². The zero-order valence-corrected chi connectivity index (χ0v) is 41.2. The van der Waals surface area contributed by atoms with Gasteiger partial charge in [0.15, 0.2) is 0 Å². The number of anilines is 1. The van der Waals surface area contributed by atoms with Gasteiger partial charge in [-0.25, -0.2) is 4.98 Å². The fourth-order valence-electron chi connectivity index (χ4n) is 10.5. The van der Waals surface area contributed by atoms with Crippen LogP contribution in [0.1, 0.15) is 33.0 Å². The molecule has 0 aliphatic carbocycles. The van der Waals surface area contributed by atoms with Gasteiger partial charge in [0.25, 0.3) is 6.33 Å². The van der Waals surface area contributed by atoms with E-state index in [1.807, 2.05) is 85.1 Å². The first-order chi connectivity index (χ1) is 39.9. The Morgan fingerprint density at radius 1 is 0.548 bits per heavy atom. The first kappa shape index (κ1) is 34.7. The standard InChI is InChI=1S/C65H46N6O.Pt/c1-4-20-45(21-5-1)50-29-19-30-51(46-22-6-2-7-23-46)65(50)69-44-68(59-34-14-15-35-60(59)69)48-24-18-25-49(40-48)72-63-43-61-55(42-62(63)70-56-31-11-8-26-52(56)53-27-9-12-32-57(53)70)54-28-10-13-33-58(54)71(61)64-41-47(36-37-66-64)67-38-16-3-17-39-67;/h1-2,4-15,18-37,41-42H,3,16-17,38-39H2;/q-2;/i1D,2D,4D,5D,6D,7D,20D,21D,22D,23D;. The molecule has 5 heterocycles. The maximum atomic E-state index is 9.14. The minimum atomic E-state index is -0.576. The number of hydrogen-bond acceptors (Lipinski definition) is 3. The van der Waals surface area contributed by atoms with Crippen LogP contribution in [0.2, 0.25) is 0 Å². The van der Waals surface area contributed by atoms with Crippen LogP contribution in [-0.2, 0) is 21.1 Å². The first-order valence-corrected chi connectivity index (χ1v) is 24.0. The van der Waals surface area contributed by atoms with Crippen LogP contribution in [0.25, 0.3) is 99.8 Å². The van der Waals surface area contributed by atoms with Crippen LogP contribution in [0.15, 0.2) is 218 Å². The monoisotopic (exact) mass is 1130 g/mol. The van der Waals surface area contributed by atoms with Crippen molar-refractivity contribution < 1.29 is 44.1 Å². The van der Waals surface area contributed by atoms with E-state index in [1.165, 1.54) is 6.42 Å². The second kappa shape index (κ2) is 18.6.